The summed E-state index contributed by atoms with van der Waals surface area (Å²) >= 11 is 0. The van der Waals surface area contributed by atoms with Crippen molar-refractivity contribution in [3.8, 4) is 0 Å². The molecule has 0 aliphatic carbocycles. The van der Waals surface area contributed by atoms with E-state index in [1.807, 2.05) is 0 Å². The Balaban J connectivity index is 1.61. The van der Waals surface area contributed by atoms with Crippen LogP contribution in [-0.2, 0) is 16.0 Å². The summed E-state index contributed by atoms with van der Waals surface area (Å²) in [6.45, 7) is 0.646. The van der Waals surface area contributed by atoms with E-state index in [0.29, 0.717) is 13.0 Å². The highest BCUT2D eigenvalue weighted by Gasteiger charge is 2.35. The molecule has 2 aliphatic rings. The van der Waals surface area contributed by atoms with Gasteiger partial charge in [-0.2, -0.15) is 0 Å². The first-order valence-corrected chi connectivity index (χ1v) is 7.68. The number of hydrogen-bond acceptors (Lipinski definition) is 3. The van der Waals surface area contributed by atoms with Crippen LogP contribution in [0.1, 0.15) is 24.8 Å². The molecule has 0 unspecified atom stereocenters. The third-order valence-corrected chi connectivity index (χ3v) is 4.32. The quantitative estimate of drug-likeness (QED) is 0.811. The first-order valence-electron chi connectivity index (χ1n) is 7.68. The topological polar surface area (TPSA) is 78.5 Å². The van der Waals surface area contributed by atoms with Gasteiger partial charge in [0.15, 0.2) is 0 Å². The lowest BCUT2D eigenvalue weighted by molar-refractivity contribution is -0.134. The Labute approximate surface area is 133 Å². The van der Waals surface area contributed by atoms with Crippen molar-refractivity contribution in [1.29, 1.82) is 0 Å². The second-order valence-corrected chi connectivity index (χ2v) is 5.93. The summed E-state index contributed by atoms with van der Waals surface area (Å²) < 4.78 is 13.0. The molecule has 2 saturated heterocycles. The summed E-state index contributed by atoms with van der Waals surface area (Å²) in [6.07, 6.45) is 2.42. The van der Waals surface area contributed by atoms with Crippen molar-refractivity contribution in [2.24, 2.45) is 0 Å². The van der Waals surface area contributed by atoms with Gasteiger partial charge >= 0.3 is 6.03 Å². The van der Waals surface area contributed by atoms with Gasteiger partial charge in [0.1, 0.15) is 11.9 Å². The van der Waals surface area contributed by atoms with Crippen LogP contribution in [0.25, 0.3) is 0 Å². The summed E-state index contributed by atoms with van der Waals surface area (Å²) in [5.41, 5.74) is 0.975. The molecule has 6 nitrogen and oxygen atoms in total. The fourth-order valence-electron chi connectivity index (χ4n) is 3.16. The van der Waals surface area contributed by atoms with E-state index in [1.54, 1.807) is 17.0 Å². The molecule has 0 radical (unpaired) electrons. The Kier molecular flexibility index (Phi) is 4.27. The lowest BCUT2D eigenvalue weighted by atomic mass is 10.0. The molecule has 2 fully saturated rings. The van der Waals surface area contributed by atoms with Gasteiger partial charge in [0.2, 0.25) is 5.91 Å². The van der Waals surface area contributed by atoms with Crippen LogP contribution in [0, 0.1) is 5.82 Å². The summed E-state index contributed by atoms with van der Waals surface area (Å²) in [4.78, 5) is 36.8. The van der Waals surface area contributed by atoms with Crippen molar-refractivity contribution < 1.29 is 18.8 Å². The Morgan fingerprint density at radius 3 is 2.65 bits per heavy atom. The lowest BCUT2D eigenvalue weighted by Gasteiger charge is -2.25. The Morgan fingerprint density at radius 2 is 2.00 bits per heavy atom. The molecule has 2 N–H and O–H groups in total. The minimum Gasteiger partial charge on any atom is -0.339 e. The van der Waals surface area contributed by atoms with Crippen LogP contribution in [0.2, 0.25) is 0 Å². The number of urea groups is 1. The number of halogens is 1. The standard InChI is InChI=1S/C16H18FN3O3/c17-11-5-3-10(4-6-11)8-12-2-1-7-20(12)14(21)9-13-15(22)19-16(23)18-13/h3-6,12-13H,1-2,7-9H2,(H2,18,19,22,23)/t12-,13-/m1/s1. The van der Waals surface area contributed by atoms with Gasteiger partial charge in [0, 0.05) is 12.6 Å². The SMILES string of the molecule is O=C1NC(=O)[C@@H](CC(=O)N2CCC[C@@H]2Cc2ccc(F)cc2)N1. The number of amides is 4. The third kappa shape index (κ3) is 3.49. The van der Waals surface area contributed by atoms with Crippen molar-refractivity contribution in [3.05, 3.63) is 35.6 Å². The lowest BCUT2D eigenvalue weighted by Crippen LogP contribution is -2.41. The highest BCUT2D eigenvalue weighted by Crippen LogP contribution is 2.22. The highest BCUT2D eigenvalue weighted by molar-refractivity contribution is 6.05. The summed E-state index contributed by atoms with van der Waals surface area (Å²) in [5, 5.41) is 4.56. The molecule has 1 aromatic rings. The molecule has 4 amide bonds. The molecule has 1 aromatic carbocycles. The van der Waals surface area contributed by atoms with Crippen LogP contribution in [-0.4, -0.2) is 41.4 Å². The Hall–Kier alpha value is -2.44. The number of likely N-dealkylation sites (tertiary alicyclic amines) is 1. The highest BCUT2D eigenvalue weighted by atomic mass is 19.1. The van der Waals surface area contributed by atoms with Crippen molar-refractivity contribution in [1.82, 2.24) is 15.5 Å². The fraction of sp³-hybridized carbons (Fsp3) is 0.438. The molecule has 0 bridgehead atoms. The molecule has 122 valence electrons. The maximum atomic E-state index is 13.0. The Bertz CT molecular complexity index is 632. The molecule has 3 rings (SSSR count). The van der Waals surface area contributed by atoms with Crippen molar-refractivity contribution in [2.45, 2.75) is 37.8 Å². The molecule has 2 atom stereocenters. The summed E-state index contributed by atoms with van der Waals surface area (Å²) in [5.74, 6) is -0.884. The van der Waals surface area contributed by atoms with E-state index in [4.69, 9.17) is 0 Å². The number of nitrogens with one attached hydrogen (secondary N) is 2. The predicted molar refractivity (Wildman–Crippen MR) is 79.9 cm³/mol. The van der Waals surface area contributed by atoms with Gasteiger partial charge in [0.25, 0.3) is 5.91 Å². The van der Waals surface area contributed by atoms with Gasteiger partial charge in [0.05, 0.1) is 6.42 Å². The third-order valence-electron chi connectivity index (χ3n) is 4.32. The monoisotopic (exact) mass is 319 g/mol. The largest absolute Gasteiger partial charge is 0.339 e. The summed E-state index contributed by atoms with van der Waals surface area (Å²) in [7, 11) is 0. The molecule has 7 heteroatoms. The maximum Gasteiger partial charge on any atom is 0.322 e. The molecule has 2 heterocycles. The van der Waals surface area contributed by atoms with Crippen LogP contribution < -0.4 is 10.6 Å². The van der Waals surface area contributed by atoms with Crippen molar-refractivity contribution in [3.63, 3.8) is 0 Å². The number of carbonyl (C=O) groups is 3. The van der Waals surface area contributed by atoms with Gasteiger partial charge < -0.3 is 10.2 Å². The minimum atomic E-state index is -0.790. The van der Waals surface area contributed by atoms with E-state index >= 15 is 0 Å². The first kappa shape index (κ1) is 15.5. The van der Waals surface area contributed by atoms with Gasteiger partial charge in [-0.15, -0.1) is 0 Å². The van der Waals surface area contributed by atoms with Gasteiger partial charge in [-0.05, 0) is 37.0 Å². The molecule has 0 saturated carbocycles. The zero-order chi connectivity index (χ0) is 16.4. The van der Waals surface area contributed by atoms with Crippen molar-refractivity contribution >= 4 is 17.8 Å². The summed E-state index contributed by atoms with van der Waals surface area (Å²) in [6, 6.07) is 4.97. The van der Waals surface area contributed by atoms with Crippen LogP contribution in [0.4, 0.5) is 9.18 Å². The van der Waals surface area contributed by atoms with E-state index in [-0.39, 0.29) is 24.2 Å². The Morgan fingerprint density at radius 1 is 1.26 bits per heavy atom. The number of imide groups is 1. The average molecular weight is 319 g/mol. The number of carbonyl (C=O) groups excluding carboxylic acids is 3. The van der Waals surface area contributed by atoms with E-state index < -0.39 is 18.0 Å². The first-order chi connectivity index (χ1) is 11.0. The zero-order valence-corrected chi connectivity index (χ0v) is 12.5. The second-order valence-electron chi connectivity index (χ2n) is 5.93. The fourth-order valence-corrected chi connectivity index (χ4v) is 3.16. The minimum absolute atomic E-state index is 0.0303. The van der Waals surface area contributed by atoms with E-state index in [2.05, 4.69) is 10.6 Å². The molecule has 0 spiro atoms. The van der Waals surface area contributed by atoms with Crippen LogP contribution in [0.15, 0.2) is 24.3 Å². The number of hydrogen-bond donors (Lipinski definition) is 2. The number of nitrogens with zero attached hydrogens (tertiary/aromatic N) is 1. The average Bonchev–Trinajstić information content (AvgIpc) is 3.08. The predicted octanol–water partition coefficient (Wildman–Crippen LogP) is 0.957. The smallest absolute Gasteiger partial charge is 0.322 e. The van der Waals surface area contributed by atoms with Crippen LogP contribution in [0.5, 0.6) is 0 Å². The zero-order valence-electron chi connectivity index (χ0n) is 12.5. The van der Waals surface area contributed by atoms with Gasteiger partial charge in [-0.25, -0.2) is 9.18 Å². The van der Waals surface area contributed by atoms with Gasteiger partial charge in [-0.1, -0.05) is 12.1 Å². The normalized spacial score (nSPS) is 23.8. The van der Waals surface area contributed by atoms with E-state index in [9.17, 15) is 18.8 Å². The van der Waals surface area contributed by atoms with Crippen LogP contribution >= 0.6 is 0 Å². The van der Waals surface area contributed by atoms with E-state index in [1.165, 1.54) is 12.1 Å². The van der Waals surface area contributed by atoms with Crippen molar-refractivity contribution in [2.75, 3.05) is 6.54 Å². The van der Waals surface area contributed by atoms with Crippen LogP contribution in [0.3, 0.4) is 0 Å². The second kappa shape index (κ2) is 6.36. The van der Waals surface area contributed by atoms with Gasteiger partial charge in [-0.3, -0.25) is 14.9 Å². The maximum absolute atomic E-state index is 13.0. The number of rotatable bonds is 4. The molecular weight excluding hydrogens is 301 g/mol. The van der Waals surface area contributed by atoms with E-state index in [0.717, 1.165) is 18.4 Å². The molecular formula is C16H18FN3O3. The molecule has 0 aromatic heterocycles. The molecule has 23 heavy (non-hydrogen) atoms. The number of benzene rings is 1. The molecule has 2 aliphatic heterocycles.